The number of anilines is 2. The summed E-state index contributed by atoms with van der Waals surface area (Å²) >= 11 is 5.76. The number of halogens is 1. The SMILES string of the molecule is CCC1C(=O)Nc2nnc(Cl)cc2N1C. The smallest absolute Gasteiger partial charge is 0.248 e. The summed E-state index contributed by atoms with van der Waals surface area (Å²) in [6, 6.07) is 1.53. The molecule has 0 aromatic carbocycles. The fourth-order valence-electron chi connectivity index (χ4n) is 1.72. The van der Waals surface area contributed by atoms with Gasteiger partial charge in [-0.3, -0.25) is 4.79 Å². The molecular formula is C9H11ClN4O. The van der Waals surface area contributed by atoms with Gasteiger partial charge in [0.15, 0.2) is 11.0 Å². The van der Waals surface area contributed by atoms with Crippen molar-refractivity contribution in [2.45, 2.75) is 19.4 Å². The third-order valence-corrected chi connectivity index (χ3v) is 2.71. The lowest BCUT2D eigenvalue weighted by atomic mass is 10.1. The van der Waals surface area contributed by atoms with Crippen molar-refractivity contribution >= 4 is 29.0 Å². The lowest BCUT2D eigenvalue weighted by Gasteiger charge is -2.33. The van der Waals surface area contributed by atoms with Gasteiger partial charge >= 0.3 is 0 Å². The monoisotopic (exact) mass is 226 g/mol. The minimum absolute atomic E-state index is 0.0517. The van der Waals surface area contributed by atoms with E-state index in [1.54, 1.807) is 6.07 Å². The molecule has 0 spiro atoms. The molecule has 1 N–H and O–H groups in total. The Kier molecular flexibility index (Phi) is 2.48. The van der Waals surface area contributed by atoms with Gasteiger partial charge in [0, 0.05) is 13.1 Å². The van der Waals surface area contributed by atoms with E-state index in [-0.39, 0.29) is 11.9 Å². The molecule has 0 saturated carbocycles. The zero-order chi connectivity index (χ0) is 11.0. The molecule has 6 heteroatoms. The average molecular weight is 227 g/mol. The van der Waals surface area contributed by atoms with E-state index in [1.165, 1.54) is 0 Å². The van der Waals surface area contributed by atoms with Gasteiger partial charge in [-0.1, -0.05) is 18.5 Å². The standard InChI is InChI=1S/C9H11ClN4O/c1-3-5-9(15)11-8-6(14(5)2)4-7(10)12-13-8/h4-5H,3H2,1-2H3,(H,11,13,15). The largest absolute Gasteiger partial charge is 0.359 e. The molecule has 80 valence electrons. The molecule has 2 rings (SSSR count). The Morgan fingerprint density at radius 3 is 3.00 bits per heavy atom. The number of carbonyl (C=O) groups excluding carboxylic acids is 1. The summed E-state index contributed by atoms with van der Waals surface area (Å²) in [5.41, 5.74) is 0.807. The number of amides is 1. The van der Waals surface area contributed by atoms with E-state index in [9.17, 15) is 4.79 Å². The Morgan fingerprint density at radius 2 is 2.33 bits per heavy atom. The van der Waals surface area contributed by atoms with Crippen molar-refractivity contribution in [1.29, 1.82) is 0 Å². The fraction of sp³-hybridized carbons (Fsp3) is 0.444. The van der Waals surface area contributed by atoms with E-state index in [0.717, 1.165) is 12.1 Å². The van der Waals surface area contributed by atoms with E-state index >= 15 is 0 Å². The number of likely N-dealkylation sites (N-methyl/N-ethyl adjacent to an activating group) is 1. The van der Waals surface area contributed by atoms with E-state index in [2.05, 4.69) is 15.5 Å². The van der Waals surface area contributed by atoms with Gasteiger partial charge in [0.2, 0.25) is 5.91 Å². The maximum absolute atomic E-state index is 11.6. The lowest BCUT2D eigenvalue weighted by Crippen LogP contribution is -2.45. The summed E-state index contributed by atoms with van der Waals surface area (Å²) in [6.07, 6.45) is 0.738. The molecule has 1 aliphatic rings. The van der Waals surface area contributed by atoms with E-state index in [4.69, 9.17) is 11.6 Å². The Morgan fingerprint density at radius 1 is 1.60 bits per heavy atom. The van der Waals surface area contributed by atoms with Crippen LogP contribution in [-0.2, 0) is 4.79 Å². The first-order valence-corrected chi connectivity index (χ1v) is 5.08. The summed E-state index contributed by atoms with van der Waals surface area (Å²) in [4.78, 5) is 13.5. The highest BCUT2D eigenvalue weighted by Gasteiger charge is 2.30. The van der Waals surface area contributed by atoms with Crippen molar-refractivity contribution in [3.05, 3.63) is 11.2 Å². The van der Waals surface area contributed by atoms with E-state index < -0.39 is 0 Å². The Balaban J connectivity index is 2.46. The second kappa shape index (κ2) is 3.66. The molecule has 0 fully saturated rings. The van der Waals surface area contributed by atoms with Gasteiger partial charge in [0.05, 0.1) is 5.69 Å². The second-order valence-electron chi connectivity index (χ2n) is 3.43. The molecule has 2 heterocycles. The molecule has 0 saturated heterocycles. The zero-order valence-corrected chi connectivity index (χ0v) is 9.25. The van der Waals surface area contributed by atoms with Crippen LogP contribution in [0.3, 0.4) is 0 Å². The van der Waals surface area contributed by atoms with Gasteiger partial charge in [-0.25, -0.2) is 0 Å². The molecular weight excluding hydrogens is 216 g/mol. The number of carbonyl (C=O) groups is 1. The number of hydrogen-bond donors (Lipinski definition) is 1. The van der Waals surface area contributed by atoms with Crippen LogP contribution in [0.1, 0.15) is 13.3 Å². The summed E-state index contributed by atoms with van der Waals surface area (Å²) in [5, 5.41) is 10.6. The normalized spacial score (nSPS) is 19.8. The molecule has 1 aromatic rings. The second-order valence-corrected chi connectivity index (χ2v) is 3.81. The Bertz CT molecular complexity index is 409. The summed E-state index contributed by atoms with van der Waals surface area (Å²) in [5.74, 6) is 0.417. The molecule has 1 amide bonds. The third-order valence-electron chi connectivity index (χ3n) is 2.52. The predicted octanol–water partition coefficient (Wildman–Crippen LogP) is 1.30. The first kappa shape index (κ1) is 10.2. The number of fused-ring (bicyclic) bond motifs is 1. The number of nitrogens with zero attached hydrogens (tertiary/aromatic N) is 3. The summed E-state index contributed by atoms with van der Waals surface area (Å²) in [7, 11) is 1.85. The average Bonchev–Trinajstić information content (AvgIpc) is 2.20. The maximum Gasteiger partial charge on any atom is 0.248 e. The molecule has 0 bridgehead atoms. The van der Waals surface area contributed by atoms with Crippen LogP contribution in [0.15, 0.2) is 6.07 Å². The number of rotatable bonds is 1. The van der Waals surface area contributed by atoms with Gasteiger partial charge in [-0.05, 0) is 6.42 Å². The quantitative estimate of drug-likeness (QED) is 0.784. The topological polar surface area (TPSA) is 58.1 Å². The molecule has 1 unspecified atom stereocenters. The Hall–Kier alpha value is -1.36. The number of hydrogen-bond acceptors (Lipinski definition) is 4. The van der Waals surface area contributed by atoms with Crippen LogP contribution in [0.25, 0.3) is 0 Å². The van der Waals surface area contributed by atoms with Crippen LogP contribution < -0.4 is 10.2 Å². The fourth-order valence-corrected chi connectivity index (χ4v) is 1.86. The first-order chi connectivity index (χ1) is 7.13. The van der Waals surface area contributed by atoms with Crippen LogP contribution >= 0.6 is 11.6 Å². The van der Waals surface area contributed by atoms with Crippen LogP contribution in [0.5, 0.6) is 0 Å². The molecule has 1 atom stereocenters. The van der Waals surface area contributed by atoms with Crippen LogP contribution in [0.2, 0.25) is 5.15 Å². The van der Waals surface area contributed by atoms with Gasteiger partial charge in [-0.2, -0.15) is 0 Å². The third kappa shape index (κ3) is 1.63. The van der Waals surface area contributed by atoms with Crippen molar-refractivity contribution < 1.29 is 4.79 Å². The molecule has 0 aliphatic carbocycles. The van der Waals surface area contributed by atoms with Gasteiger partial charge in [0.1, 0.15) is 6.04 Å². The predicted molar refractivity (Wildman–Crippen MR) is 58.2 cm³/mol. The first-order valence-electron chi connectivity index (χ1n) is 4.70. The van der Waals surface area contributed by atoms with Gasteiger partial charge in [-0.15, -0.1) is 10.2 Å². The van der Waals surface area contributed by atoms with E-state index in [0.29, 0.717) is 11.0 Å². The van der Waals surface area contributed by atoms with Crippen molar-refractivity contribution in [2.75, 3.05) is 17.3 Å². The summed E-state index contributed by atoms with van der Waals surface area (Å²) in [6.45, 7) is 1.96. The highest BCUT2D eigenvalue weighted by atomic mass is 35.5. The maximum atomic E-state index is 11.6. The highest BCUT2D eigenvalue weighted by Crippen LogP contribution is 2.30. The number of nitrogens with one attached hydrogen (secondary N) is 1. The van der Waals surface area contributed by atoms with Crippen LogP contribution in [0.4, 0.5) is 11.5 Å². The van der Waals surface area contributed by atoms with Gasteiger partial charge in [0.25, 0.3) is 0 Å². The van der Waals surface area contributed by atoms with Crippen molar-refractivity contribution in [1.82, 2.24) is 10.2 Å². The molecule has 15 heavy (non-hydrogen) atoms. The zero-order valence-electron chi connectivity index (χ0n) is 8.49. The Labute approximate surface area is 92.4 Å². The van der Waals surface area contributed by atoms with Gasteiger partial charge < -0.3 is 10.2 Å². The molecule has 1 aliphatic heterocycles. The minimum Gasteiger partial charge on any atom is -0.359 e. The molecule has 0 radical (unpaired) electrons. The highest BCUT2D eigenvalue weighted by molar-refractivity contribution is 6.29. The van der Waals surface area contributed by atoms with Crippen LogP contribution in [0, 0.1) is 0 Å². The number of aromatic nitrogens is 2. The van der Waals surface area contributed by atoms with Crippen molar-refractivity contribution in [3.8, 4) is 0 Å². The molecule has 5 nitrogen and oxygen atoms in total. The molecule has 1 aromatic heterocycles. The minimum atomic E-state index is -0.169. The summed E-state index contributed by atoms with van der Waals surface area (Å²) < 4.78 is 0. The van der Waals surface area contributed by atoms with Crippen molar-refractivity contribution in [2.24, 2.45) is 0 Å². The van der Waals surface area contributed by atoms with E-state index in [1.807, 2.05) is 18.9 Å². The van der Waals surface area contributed by atoms with Crippen molar-refractivity contribution in [3.63, 3.8) is 0 Å². The lowest BCUT2D eigenvalue weighted by molar-refractivity contribution is -0.117. The van der Waals surface area contributed by atoms with Crippen LogP contribution in [-0.4, -0.2) is 29.2 Å².